The van der Waals surface area contributed by atoms with Crippen LogP contribution in [0.2, 0.25) is 0 Å². The molecule has 0 saturated carbocycles. The number of nitrogens with zero attached hydrogens (tertiary/aromatic N) is 1. The molecule has 1 aliphatic heterocycles. The molecule has 0 unspecified atom stereocenters. The van der Waals surface area contributed by atoms with Crippen LogP contribution in [0.1, 0.15) is 52.0 Å². The largest absolute Gasteiger partial charge is 0.424 e. The lowest BCUT2D eigenvalue weighted by Crippen LogP contribution is -2.44. The summed E-state index contributed by atoms with van der Waals surface area (Å²) >= 11 is 0. The minimum Gasteiger partial charge on any atom is -0.424 e. The molecule has 0 bridgehead atoms. The maximum Gasteiger partial charge on any atom is 0.417 e. The summed E-state index contributed by atoms with van der Waals surface area (Å²) in [5.74, 6) is -1.92. The number of amides is 1. The van der Waals surface area contributed by atoms with E-state index in [1.165, 1.54) is 19.2 Å². The average molecular weight is 477 g/mol. The van der Waals surface area contributed by atoms with Gasteiger partial charge in [-0.1, -0.05) is 29.8 Å². The summed E-state index contributed by atoms with van der Waals surface area (Å²) in [6, 6.07) is 8.08. The summed E-state index contributed by atoms with van der Waals surface area (Å²) in [6.07, 6.45) is -4.76. The quantitative estimate of drug-likeness (QED) is 0.414. The third-order valence-corrected chi connectivity index (χ3v) is 5.56. The van der Waals surface area contributed by atoms with Crippen molar-refractivity contribution in [1.82, 2.24) is 5.06 Å². The second-order valence-electron chi connectivity index (χ2n) is 8.60. The van der Waals surface area contributed by atoms with E-state index in [4.69, 9.17) is 14.3 Å². The van der Waals surface area contributed by atoms with Crippen molar-refractivity contribution < 1.29 is 37.1 Å². The number of hydrogen-bond donors (Lipinski definition) is 0. The summed E-state index contributed by atoms with van der Waals surface area (Å²) in [6.45, 7) is 8.41. The molecule has 0 N–H and O–H groups in total. The molecule has 0 saturated heterocycles. The topological polar surface area (TPSA) is 65.1 Å². The van der Waals surface area contributed by atoms with Crippen LogP contribution in [-0.4, -0.2) is 36.4 Å². The van der Waals surface area contributed by atoms with Crippen molar-refractivity contribution in [1.29, 1.82) is 0 Å². The molecule has 1 amide bonds. The molecule has 0 aliphatic carbocycles. The van der Waals surface area contributed by atoms with Crippen molar-refractivity contribution in [3.05, 3.63) is 75.5 Å². The fourth-order valence-corrected chi connectivity index (χ4v) is 4.20. The minimum atomic E-state index is -4.76. The van der Waals surface area contributed by atoms with Gasteiger partial charge in [0.2, 0.25) is 0 Å². The van der Waals surface area contributed by atoms with Gasteiger partial charge in [-0.05, 0) is 63.4 Å². The van der Waals surface area contributed by atoms with Crippen molar-refractivity contribution in [2.24, 2.45) is 0 Å². The highest BCUT2D eigenvalue weighted by molar-refractivity contribution is 6.23. The van der Waals surface area contributed by atoms with Gasteiger partial charge in [-0.15, -0.1) is 0 Å². The van der Waals surface area contributed by atoms with Crippen molar-refractivity contribution in [3.8, 4) is 0 Å². The number of aryl methyl sites for hydroxylation is 3. The van der Waals surface area contributed by atoms with E-state index in [0.29, 0.717) is 5.56 Å². The number of hydroxylamine groups is 2. The predicted octanol–water partition coefficient (Wildman–Crippen LogP) is 5.36. The zero-order valence-electron chi connectivity index (χ0n) is 19.8. The monoisotopic (exact) mass is 477 g/mol. The molecule has 2 aromatic carbocycles. The Balaban J connectivity index is 2.20. The molecule has 182 valence electrons. The number of esters is 1. The second-order valence-corrected chi connectivity index (χ2v) is 8.60. The summed E-state index contributed by atoms with van der Waals surface area (Å²) in [4.78, 5) is 32.0. The second kappa shape index (κ2) is 9.23. The van der Waals surface area contributed by atoms with Crippen LogP contribution in [0.3, 0.4) is 0 Å². The predicted molar refractivity (Wildman–Crippen MR) is 118 cm³/mol. The Morgan fingerprint density at radius 3 is 2.21 bits per heavy atom. The first-order chi connectivity index (χ1) is 15.8. The maximum absolute atomic E-state index is 13.5. The Kier molecular flexibility index (Phi) is 6.91. The highest BCUT2D eigenvalue weighted by atomic mass is 19.4. The summed E-state index contributed by atoms with van der Waals surface area (Å²) in [5.41, 5.74) is -0.0678. The van der Waals surface area contributed by atoms with Gasteiger partial charge in [0, 0.05) is 7.11 Å². The van der Waals surface area contributed by atoms with Gasteiger partial charge >= 0.3 is 12.1 Å². The summed E-state index contributed by atoms with van der Waals surface area (Å²) < 4.78 is 51.0. The molecule has 1 aliphatic rings. The first-order valence-electron chi connectivity index (χ1n) is 10.5. The fraction of sp³-hybridized carbons (Fsp3) is 0.360. The Hall–Kier alpha value is -3.17. The summed E-state index contributed by atoms with van der Waals surface area (Å²) in [5, 5.41) is 1.02. The molecular weight excluding hydrogens is 451 g/mol. The maximum atomic E-state index is 13.5. The smallest absolute Gasteiger partial charge is 0.417 e. The number of hydrogen-bond acceptors (Lipinski definition) is 5. The van der Waals surface area contributed by atoms with E-state index >= 15 is 0 Å². The van der Waals surface area contributed by atoms with Gasteiger partial charge in [0.25, 0.3) is 5.91 Å². The summed E-state index contributed by atoms with van der Waals surface area (Å²) in [7, 11) is 1.38. The number of methoxy groups -OCH3 is 1. The number of carbonyl (C=O) groups excluding carboxylic acids is 2. The molecule has 34 heavy (non-hydrogen) atoms. The van der Waals surface area contributed by atoms with Crippen LogP contribution in [0.5, 0.6) is 0 Å². The molecule has 3 rings (SSSR count). The van der Waals surface area contributed by atoms with Crippen LogP contribution in [-0.2, 0) is 25.3 Å². The lowest BCUT2D eigenvalue weighted by atomic mass is 9.91. The normalized spacial score (nSPS) is 15.8. The average Bonchev–Trinajstić information content (AvgIpc) is 2.90. The number of rotatable bonds is 6. The van der Waals surface area contributed by atoms with Crippen LogP contribution >= 0.6 is 0 Å². The number of halogens is 3. The van der Waals surface area contributed by atoms with Gasteiger partial charge in [-0.3, -0.25) is 4.79 Å². The van der Waals surface area contributed by atoms with Gasteiger partial charge in [0.1, 0.15) is 11.3 Å². The van der Waals surface area contributed by atoms with Crippen molar-refractivity contribution >= 4 is 17.4 Å². The van der Waals surface area contributed by atoms with E-state index in [-0.39, 0.29) is 18.1 Å². The highest BCUT2D eigenvalue weighted by Gasteiger charge is 2.50. The molecule has 1 heterocycles. The van der Waals surface area contributed by atoms with Crippen LogP contribution in [0.4, 0.5) is 13.2 Å². The van der Waals surface area contributed by atoms with Crippen LogP contribution in [0, 0.1) is 20.8 Å². The Bertz CT molecular complexity index is 1140. The molecule has 0 atom stereocenters. The van der Waals surface area contributed by atoms with E-state index in [9.17, 15) is 22.8 Å². The van der Waals surface area contributed by atoms with E-state index in [0.717, 1.165) is 33.9 Å². The standard InChI is InChI=1S/C25H26F3NO5/c1-14-11-15(2)19(16(3)12-14)20-21(24(4,5)29(22(20)30)33-13-32-6)34-23(31)17-9-7-8-10-18(17)25(26,27)28/h7-12H,13H2,1-6H3. The molecule has 0 fully saturated rings. The van der Waals surface area contributed by atoms with Gasteiger partial charge < -0.3 is 9.47 Å². The van der Waals surface area contributed by atoms with E-state index in [1.807, 2.05) is 19.1 Å². The van der Waals surface area contributed by atoms with Gasteiger partial charge in [0.05, 0.1) is 16.7 Å². The Morgan fingerprint density at radius 1 is 1.06 bits per heavy atom. The Labute approximate surface area is 195 Å². The molecule has 6 nitrogen and oxygen atoms in total. The molecule has 0 spiro atoms. The first-order valence-corrected chi connectivity index (χ1v) is 10.5. The molecule has 0 aromatic heterocycles. The highest BCUT2D eigenvalue weighted by Crippen LogP contribution is 2.43. The lowest BCUT2D eigenvalue weighted by molar-refractivity contribution is -0.238. The van der Waals surface area contributed by atoms with Gasteiger partial charge in [-0.25, -0.2) is 14.7 Å². The van der Waals surface area contributed by atoms with Crippen molar-refractivity contribution in [2.45, 2.75) is 46.3 Å². The number of benzene rings is 2. The van der Waals surface area contributed by atoms with Gasteiger partial charge in [0.15, 0.2) is 6.79 Å². The van der Waals surface area contributed by atoms with Gasteiger partial charge in [-0.2, -0.15) is 13.2 Å². The molecule has 2 aromatic rings. The SMILES string of the molecule is COCON1C(=O)C(c2c(C)cc(C)cc2C)=C(OC(=O)c2ccccc2C(F)(F)F)C1(C)C. The zero-order valence-corrected chi connectivity index (χ0v) is 19.8. The van der Waals surface area contributed by atoms with Crippen molar-refractivity contribution in [3.63, 3.8) is 0 Å². The zero-order chi connectivity index (χ0) is 25.4. The van der Waals surface area contributed by atoms with E-state index < -0.39 is 34.7 Å². The molecule has 0 radical (unpaired) electrons. The number of carbonyl (C=O) groups is 2. The number of alkyl halides is 3. The van der Waals surface area contributed by atoms with E-state index in [2.05, 4.69) is 0 Å². The van der Waals surface area contributed by atoms with Crippen LogP contribution < -0.4 is 0 Å². The van der Waals surface area contributed by atoms with Crippen LogP contribution in [0.15, 0.2) is 42.2 Å². The molecule has 9 heteroatoms. The fourth-order valence-electron chi connectivity index (χ4n) is 4.20. The lowest BCUT2D eigenvalue weighted by Gasteiger charge is -2.31. The third kappa shape index (κ3) is 4.58. The van der Waals surface area contributed by atoms with Crippen molar-refractivity contribution in [2.75, 3.05) is 13.9 Å². The third-order valence-electron chi connectivity index (χ3n) is 5.56. The van der Waals surface area contributed by atoms with Crippen LogP contribution in [0.25, 0.3) is 5.57 Å². The first kappa shape index (κ1) is 25.5. The Morgan fingerprint density at radius 2 is 1.65 bits per heavy atom. The number of ether oxygens (including phenoxy) is 2. The molecular formula is C25H26F3NO5. The van der Waals surface area contributed by atoms with E-state index in [1.54, 1.807) is 27.7 Å². The minimum absolute atomic E-state index is 0.0499.